The summed E-state index contributed by atoms with van der Waals surface area (Å²) in [5, 5.41) is 0. The molecule has 3 rings (SSSR count). The first-order valence-corrected chi connectivity index (χ1v) is 9.61. The maximum Gasteiger partial charge on any atom is 0.441 e. The van der Waals surface area contributed by atoms with E-state index in [1.165, 1.54) is 21.2 Å². The van der Waals surface area contributed by atoms with Gasteiger partial charge in [-0.2, -0.15) is 13.2 Å². The molecule has 2 aromatic carbocycles. The smallest absolute Gasteiger partial charge is 0.207 e. The van der Waals surface area contributed by atoms with Gasteiger partial charge in [0.25, 0.3) is 0 Å². The van der Waals surface area contributed by atoms with Gasteiger partial charge < -0.3 is 0 Å². The Bertz CT molecular complexity index is 659. The Morgan fingerprint density at radius 2 is 1.20 bits per heavy atom. The average Bonchev–Trinajstić information content (AvgIpc) is 2.59. The van der Waals surface area contributed by atoms with Crippen LogP contribution in [0.3, 0.4) is 0 Å². The Hall–Kier alpha value is -0.830. The minimum absolute atomic E-state index is 0.0209. The van der Waals surface area contributed by atoms with Crippen molar-refractivity contribution in [2.24, 2.45) is 0 Å². The number of rotatable bonds is 0. The molecule has 0 bridgehead atoms. The highest BCUT2D eigenvalue weighted by atomic mass is 127. The molecule has 0 spiro atoms. The van der Waals surface area contributed by atoms with E-state index in [9.17, 15) is 22.0 Å². The van der Waals surface area contributed by atoms with E-state index in [0.717, 1.165) is 36.4 Å². The Morgan fingerprint density at radius 3 is 1.55 bits per heavy atom. The van der Waals surface area contributed by atoms with Gasteiger partial charge in [-0.15, -0.1) is 0 Å². The second kappa shape index (κ2) is 4.33. The summed E-state index contributed by atoms with van der Waals surface area (Å²) in [6.45, 7) is 0. The summed E-state index contributed by atoms with van der Waals surface area (Å²) in [6.07, 6.45) is 0. The van der Waals surface area contributed by atoms with Gasteiger partial charge in [-0.3, -0.25) is 0 Å². The highest BCUT2D eigenvalue weighted by Gasteiger charge is 2.56. The largest absolute Gasteiger partial charge is 0.441 e. The predicted octanol–water partition coefficient (Wildman–Crippen LogP) is 6.04. The van der Waals surface area contributed by atoms with Crippen molar-refractivity contribution in [3.05, 3.63) is 48.0 Å². The fraction of sp³-hybridized carbons (Fsp3) is 0.0769. The van der Waals surface area contributed by atoms with Crippen LogP contribution in [0.4, 0.5) is 22.0 Å². The average molecular weight is 416 g/mol. The lowest BCUT2D eigenvalue weighted by atomic mass is 10.1. The van der Waals surface area contributed by atoms with Crippen LogP contribution in [0.2, 0.25) is 0 Å². The number of halogens is 6. The third-order valence-corrected chi connectivity index (χ3v) is 10.0. The van der Waals surface area contributed by atoms with Crippen LogP contribution in [0.5, 0.6) is 0 Å². The molecule has 0 nitrogen and oxygen atoms in total. The van der Waals surface area contributed by atoms with Gasteiger partial charge in [0.15, 0.2) is 0 Å². The lowest BCUT2D eigenvalue weighted by molar-refractivity contribution is -0.0358. The SMILES string of the molecule is Fc1ccc2c(c1)-c1cc(F)ccc1S2(I)C(F)(F)F. The molecule has 20 heavy (non-hydrogen) atoms. The second-order valence-electron chi connectivity index (χ2n) is 4.26. The van der Waals surface area contributed by atoms with Crippen molar-refractivity contribution in [1.82, 2.24) is 0 Å². The minimum atomic E-state index is -4.48. The van der Waals surface area contributed by atoms with Gasteiger partial charge >= 0.3 is 5.51 Å². The Labute approximate surface area is 124 Å². The summed E-state index contributed by atoms with van der Waals surface area (Å²) < 4.78 is 67.3. The lowest BCUT2D eigenvalue weighted by Gasteiger charge is -2.32. The molecule has 0 unspecified atom stereocenters. The standard InChI is InChI=1S/C13H6F5IS/c14-7-1-3-11-9(5-7)10-6-8(15)2-4-12(10)20(11,19)13(16,17)18/h1-6H. The van der Waals surface area contributed by atoms with Crippen LogP contribution < -0.4 is 0 Å². The van der Waals surface area contributed by atoms with Crippen LogP contribution in [0.15, 0.2) is 46.2 Å². The summed E-state index contributed by atoms with van der Waals surface area (Å²) in [4.78, 5) is 0.0419. The molecule has 0 saturated carbocycles. The lowest BCUT2D eigenvalue weighted by Crippen LogP contribution is -2.14. The number of alkyl halides is 3. The van der Waals surface area contributed by atoms with Crippen molar-refractivity contribution < 1.29 is 22.0 Å². The van der Waals surface area contributed by atoms with E-state index < -0.39 is 24.3 Å². The number of hydrogen-bond donors (Lipinski definition) is 0. The molecule has 0 aromatic heterocycles. The van der Waals surface area contributed by atoms with Crippen LogP contribution in [0.25, 0.3) is 11.1 Å². The van der Waals surface area contributed by atoms with Crippen molar-refractivity contribution in [2.45, 2.75) is 15.3 Å². The Kier molecular flexibility index (Phi) is 3.06. The first-order chi connectivity index (χ1) is 9.25. The quantitative estimate of drug-likeness (QED) is 0.363. The monoisotopic (exact) mass is 416 g/mol. The highest BCUT2D eigenvalue weighted by Crippen LogP contribution is 2.83. The molecule has 0 radical (unpaired) electrons. The van der Waals surface area contributed by atoms with E-state index in [0.29, 0.717) is 0 Å². The van der Waals surface area contributed by atoms with Gasteiger partial charge in [0.1, 0.15) is 11.6 Å². The molecule has 2 aromatic rings. The van der Waals surface area contributed by atoms with E-state index in [1.807, 2.05) is 0 Å². The molecule has 1 aliphatic heterocycles. The van der Waals surface area contributed by atoms with Crippen molar-refractivity contribution in [2.75, 3.05) is 0 Å². The van der Waals surface area contributed by atoms with Crippen molar-refractivity contribution >= 4 is 28.4 Å². The Morgan fingerprint density at radius 1 is 0.800 bits per heavy atom. The minimum Gasteiger partial charge on any atom is -0.207 e. The summed E-state index contributed by atoms with van der Waals surface area (Å²) in [7, 11) is -3.34. The first kappa shape index (κ1) is 14.1. The van der Waals surface area contributed by atoms with E-state index in [4.69, 9.17) is 0 Å². The molecule has 0 amide bonds. The summed E-state index contributed by atoms with van der Waals surface area (Å²) in [5.41, 5.74) is -4.23. The zero-order valence-corrected chi connectivity index (χ0v) is 12.6. The van der Waals surface area contributed by atoms with E-state index in [1.54, 1.807) is 0 Å². The third-order valence-electron chi connectivity index (χ3n) is 3.10. The molecule has 1 aliphatic rings. The van der Waals surface area contributed by atoms with Crippen LogP contribution in [0, 0.1) is 11.6 Å². The van der Waals surface area contributed by atoms with Crippen LogP contribution in [0.1, 0.15) is 0 Å². The van der Waals surface area contributed by atoms with Crippen LogP contribution >= 0.6 is 28.4 Å². The molecular weight excluding hydrogens is 410 g/mol. The molecule has 7 heteroatoms. The fourth-order valence-corrected chi connectivity index (χ4v) is 6.78. The van der Waals surface area contributed by atoms with E-state index in [-0.39, 0.29) is 20.9 Å². The summed E-state index contributed by atoms with van der Waals surface area (Å²) in [6, 6.07) is 6.38. The highest BCUT2D eigenvalue weighted by molar-refractivity contribution is 14.2. The molecular formula is C13H6F5IS. The van der Waals surface area contributed by atoms with Crippen molar-refractivity contribution in [1.29, 1.82) is 0 Å². The molecule has 0 fully saturated rings. The van der Waals surface area contributed by atoms with E-state index >= 15 is 0 Å². The molecule has 0 saturated heterocycles. The topological polar surface area (TPSA) is 0 Å². The van der Waals surface area contributed by atoms with Gasteiger partial charge in [0.2, 0.25) is 0 Å². The van der Waals surface area contributed by atoms with Crippen LogP contribution in [-0.4, -0.2) is 5.51 Å². The molecule has 0 aliphatic carbocycles. The normalized spacial score (nSPS) is 17.5. The van der Waals surface area contributed by atoms with Gasteiger partial charge in [-0.05, 0) is 75.9 Å². The molecule has 0 atom stereocenters. The first-order valence-electron chi connectivity index (χ1n) is 5.44. The molecule has 106 valence electrons. The van der Waals surface area contributed by atoms with Crippen molar-refractivity contribution in [3.8, 4) is 11.1 Å². The zero-order valence-electron chi connectivity index (χ0n) is 9.64. The van der Waals surface area contributed by atoms with Gasteiger partial charge in [-0.1, -0.05) is 0 Å². The third kappa shape index (κ3) is 1.78. The predicted molar refractivity (Wildman–Crippen MR) is 76.0 cm³/mol. The van der Waals surface area contributed by atoms with Crippen LogP contribution in [-0.2, 0) is 0 Å². The molecule has 0 N–H and O–H groups in total. The van der Waals surface area contributed by atoms with Gasteiger partial charge in [-0.25, -0.2) is 8.78 Å². The number of hydrogen-bond acceptors (Lipinski definition) is 0. The van der Waals surface area contributed by atoms with Crippen molar-refractivity contribution in [3.63, 3.8) is 0 Å². The number of fused-ring (bicyclic) bond motifs is 3. The maximum absolute atomic E-state index is 13.5. The zero-order chi connectivity index (χ0) is 14.7. The summed E-state index contributed by atoms with van der Waals surface area (Å²) >= 11 is 1.39. The summed E-state index contributed by atoms with van der Waals surface area (Å²) in [5.74, 6) is -1.28. The van der Waals surface area contributed by atoms with E-state index in [2.05, 4.69) is 0 Å². The Balaban J connectivity index is 2.42. The molecule has 1 heterocycles. The van der Waals surface area contributed by atoms with Gasteiger partial charge in [0.05, 0.1) is 0 Å². The van der Waals surface area contributed by atoms with Gasteiger partial charge in [0, 0.05) is 9.79 Å². The maximum atomic E-state index is 13.5. The second-order valence-corrected chi connectivity index (χ2v) is 10.6. The number of benzene rings is 2. The fourth-order valence-electron chi connectivity index (χ4n) is 2.28.